The maximum atomic E-state index is 13.6. The van der Waals surface area contributed by atoms with Crippen LogP contribution >= 0.6 is 0 Å². The number of aryl methyl sites for hydroxylation is 2. The van der Waals surface area contributed by atoms with E-state index in [0.717, 1.165) is 4.90 Å². The van der Waals surface area contributed by atoms with Crippen LogP contribution in [0.15, 0.2) is 29.3 Å². The number of nitrogens with one attached hydrogen (secondary N) is 3. The van der Waals surface area contributed by atoms with Crippen LogP contribution in [0, 0.1) is 18.7 Å². The van der Waals surface area contributed by atoms with E-state index in [1.165, 1.54) is 49.9 Å². The normalized spacial score (nSPS) is 22.7. The van der Waals surface area contributed by atoms with Gasteiger partial charge in [0.2, 0.25) is 10.0 Å². The van der Waals surface area contributed by atoms with Crippen molar-refractivity contribution in [2.45, 2.75) is 43.4 Å². The van der Waals surface area contributed by atoms with E-state index in [4.69, 9.17) is 4.74 Å². The van der Waals surface area contributed by atoms with Crippen LogP contribution < -0.4 is 20.1 Å². The highest BCUT2D eigenvalue weighted by Gasteiger charge is 2.51. The van der Waals surface area contributed by atoms with Gasteiger partial charge in [-0.15, -0.1) is 0 Å². The zero-order chi connectivity index (χ0) is 29.8. The molecule has 1 aromatic heterocycles. The summed E-state index contributed by atoms with van der Waals surface area (Å²) < 4.78 is 88.5. The number of carbonyl (C=O) groups excluding carboxylic acids is 3. The van der Waals surface area contributed by atoms with E-state index >= 15 is 0 Å². The van der Waals surface area contributed by atoms with Crippen molar-refractivity contribution in [3.05, 3.63) is 41.5 Å². The quantitative estimate of drug-likeness (QED) is 0.368. The Hall–Kier alpha value is -3.66. The molecular weight excluding hydrogens is 562 g/mol. The molecule has 4 rings (SSSR count). The van der Waals surface area contributed by atoms with Crippen LogP contribution in [-0.4, -0.2) is 73.1 Å². The van der Waals surface area contributed by atoms with Crippen LogP contribution in [0.25, 0.3) is 0 Å². The van der Waals surface area contributed by atoms with E-state index in [9.17, 15) is 40.4 Å². The second-order valence-electron chi connectivity index (χ2n) is 10.2. The minimum atomic E-state index is -4.76. The predicted molar refractivity (Wildman–Crippen MR) is 132 cm³/mol. The Morgan fingerprint density at radius 3 is 2.55 bits per heavy atom. The molecule has 2 aliphatic rings. The number of amides is 3. The predicted octanol–water partition coefficient (Wildman–Crippen LogP) is 1.68. The van der Waals surface area contributed by atoms with E-state index in [2.05, 4.69) is 10.0 Å². The summed E-state index contributed by atoms with van der Waals surface area (Å²) in [5.74, 6) is -4.92. The van der Waals surface area contributed by atoms with Crippen LogP contribution in [0.1, 0.15) is 29.9 Å². The molecule has 2 aromatic rings. The standard InChI is InChI=1S/C24H27F4N5O6S/c1-12-7-15(5-6-16(12)25)30-20(34)18-19-17(9-32(18)4)40(37,38)31-23(3)11-33(8-14(23)10-39-19)22(36)21(35)29-13(2)24(26,27)28/h5-7,9,13-14,31H,8,10-11H2,1-4H3,(H,29,35)(H,30,34)/t13-,14+,23+/m1/s1. The fraction of sp³-hybridized carbons (Fsp3) is 0.458. The molecular formula is C24H27F4N5O6S. The third-order valence-electron chi connectivity index (χ3n) is 7.00. The molecule has 0 radical (unpaired) electrons. The number of carbonyl (C=O) groups is 3. The van der Waals surface area contributed by atoms with Crippen molar-refractivity contribution in [1.29, 1.82) is 0 Å². The first-order chi connectivity index (χ1) is 18.4. The third kappa shape index (κ3) is 5.50. The van der Waals surface area contributed by atoms with Gasteiger partial charge in [0.15, 0.2) is 11.4 Å². The van der Waals surface area contributed by atoms with Crippen molar-refractivity contribution in [3.63, 3.8) is 0 Å². The van der Waals surface area contributed by atoms with Gasteiger partial charge in [-0.25, -0.2) is 17.5 Å². The average molecular weight is 590 g/mol. The maximum absolute atomic E-state index is 13.6. The number of alkyl halides is 3. The Morgan fingerprint density at radius 1 is 1.25 bits per heavy atom. The van der Waals surface area contributed by atoms with E-state index in [0.29, 0.717) is 6.92 Å². The molecule has 11 nitrogen and oxygen atoms in total. The lowest BCUT2D eigenvalue weighted by atomic mass is 9.91. The number of ether oxygens (including phenoxy) is 1. The number of likely N-dealkylation sites (tertiary alicyclic amines) is 1. The van der Waals surface area contributed by atoms with Gasteiger partial charge >= 0.3 is 18.0 Å². The van der Waals surface area contributed by atoms with E-state index in [1.807, 2.05) is 0 Å². The van der Waals surface area contributed by atoms with Gasteiger partial charge in [0.1, 0.15) is 16.8 Å². The number of hydrogen-bond donors (Lipinski definition) is 3. The number of aromatic nitrogens is 1. The molecule has 3 atom stereocenters. The average Bonchev–Trinajstić information content (AvgIpc) is 3.34. The molecule has 0 unspecified atom stereocenters. The summed E-state index contributed by atoms with van der Waals surface area (Å²) in [5.41, 5.74) is -0.936. The fourth-order valence-corrected chi connectivity index (χ4v) is 6.33. The summed E-state index contributed by atoms with van der Waals surface area (Å²) in [7, 11) is -2.91. The maximum Gasteiger partial charge on any atom is 0.408 e. The van der Waals surface area contributed by atoms with Crippen LogP contribution in [0.2, 0.25) is 0 Å². The summed E-state index contributed by atoms with van der Waals surface area (Å²) in [5, 5.41) is 4.18. The molecule has 1 saturated heterocycles. The Bertz CT molecular complexity index is 1490. The van der Waals surface area contributed by atoms with E-state index in [-0.39, 0.29) is 47.3 Å². The lowest BCUT2D eigenvalue weighted by Gasteiger charge is -2.33. The van der Waals surface area contributed by atoms with Crippen molar-refractivity contribution in [2.24, 2.45) is 13.0 Å². The SMILES string of the molecule is Cc1cc(NC(=O)c2c3c(cn2C)S(=O)(=O)N[C@@]2(C)CN(C(=O)C(=O)N[C@H](C)C(F)(F)F)C[C@H]2CO3)ccc1F. The smallest absolute Gasteiger partial charge is 0.408 e. The summed E-state index contributed by atoms with van der Waals surface area (Å²) >= 11 is 0. The Labute approximate surface area is 226 Å². The monoisotopic (exact) mass is 589 g/mol. The highest BCUT2D eigenvalue weighted by molar-refractivity contribution is 7.89. The number of halogens is 4. The molecule has 0 saturated carbocycles. The molecule has 2 aliphatic heterocycles. The summed E-state index contributed by atoms with van der Waals surface area (Å²) in [6, 6.07) is 1.65. The molecule has 0 aliphatic carbocycles. The first kappa shape index (κ1) is 29.3. The largest absolute Gasteiger partial charge is 0.489 e. The number of sulfonamides is 1. The molecule has 1 aromatic carbocycles. The highest BCUT2D eigenvalue weighted by Crippen LogP contribution is 2.38. The molecule has 16 heteroatoms. The second kappa shape index (κ2) is 10.1. The first-order valence-electron chi connectivity index (χ1n) is 12.0. The van der Waals surface area contributed by atoms with Crippen LogP contribution in [0.3, 0.4) is 0 Å². The number of anilines is 1. The zero-order valence-electron chi connectivity index (χ0n) is 21.8. The van der Waals surface area contributed by atoms with Crippen molar-refractivity contribution >= 4 is 33.4 Å². The van der Waals surface area contributed by atoms with Gasteiger partial charge in [-0.1, -0.05) is 0 Å². The Morgan fingerprint density at radius 2 is 1.93 bits per heavy atom. The van der Waals surface area contributed by atoms with Gasteiger partial charge < -0.3 is 24.8 Å². The lowest BCUT2D eigenvalue weighted by molar-refractivity contribution is -0.162. The number of benzene rings is 1. The van der Waals surface area contributed by atoms with Gasteiger partial charge in [-0.2, -0.15) is 13.2 Å². The second-order valence-corrected chi connectivity index (χ2v) is 11.8. The molecule has 40 heavy (non-hydrogen) atoms. The van der Waals surface area contributed by atoms with E-state index < -0.39 is 57.2 Å². The summed E-state index contributed by atoms with van der Waals surface area (Å²) in [6.45, 7) is 2.97. The van der Waals surface area contributed by atoms with Crippen molar-refractivity contribution < 1.29 is 45.1 Å². The number of fused-ring (bicyclic) bond motifs is 2. The van der Waals surface area contributed by atoms with Gasteiger partial charge in [-0.05, 0) is 44.5 Å². The highest BCUT2D eigenvalue weighted by atomic mass is 32.2. The van der Waals surface area contributed by atoms with Gasteiger partial charge in [0.25, 0.3) is 5.91 Å². The Kier molecular flexibility index (Phi) is 7.38. The van der Waals surface area contributed by atoms with Gasteiger partial charge in [-0.3, -0.25) is 14.4 Å². The van der Waals surface area contributed by atoms with Crippen molar-refractivity contribution in [1.82, 2.24) is 19.5 Å². The molecule has 3 heterocycles. The third-order valence-corrected chi connectivity index (χ3v) is 8.61. The lowest BCUT2D eigenvalue weighted by Crippen LogP contribution is -2.55. The van der Waals surface area contributed by atoms with Crippen molar-refractivity contribution in [2.75, 3.05) is 25.0 Å². The molecule has 3 amide bonds. The summed E-state index contributed by atoms with van der Waals surface area (Å²) in [4.78, 5) is 38.6. The Balaban J connectivity index is 1.58. The van der Waals surface area contributed by atoms with Crippen LogP contribution in [0.5, 0.6) is 5.75 Å². The summed E-state index contributed by atoms with van der Waals surface area (Å²) in [6.07, 6.45) is -3.58. The van der Waals surface area contributed by atoms with Crippen LogP contribution in [0.4, 0.5) is 23.2 Å². The first-order valence-corrected chi connectivity index (χ1v) is 13.5. The van der Waals surface area contributed by atoms with Crippen LogP contribution in [-0.2, 0) is 26.7 Å². The molecule has 1 fully saturated rings. The zero-order valence-corrected chi connectivity index (χ0v) is 22.7. The molecule has 3 N–H and O–H groups in total. The van der Waals surface area contributed by atoms with Gasteiger partial charge in [0.05, 0.1) is 12.1 Å². The van der Waals surface area contributed by atoms with Crippen molar-refractivity contribution in [3.8, 4) is 5.75 Å². The topological polar surface area (TPSA) is 139 Å². The molecule has 0 bridgehead atoms. The fourth-order valence-electron chi connectivity index (χ4n) is 4.68. The van der Waals surface area contributed by atoms with E-state index in [1.54, 1.807) is 5.32 Å². The number of hydrogen-bond acceptors (Lipinski definition) is 6. The molecule has 0 spiro atoms. The minimum Gasteiger partial charge on any atom is -0.489 e. The number of nitrogens with zero attached hydrogens (tertiary/aromatic N) is 2. The minimum absolute atomic E-state index is 0.141. The number of rotatable bonds is 3. The molecule has 218 valence electrons. The van der Waals surface area contributed by atoms with Gasteiger partial charge in [0, 0.05) is 37.9 Å².